The second kappa shape index (κ2) is 7.32. The zero-order valence-electron chi connectivity index (χ0n) is 14.7. The van der Waals surface area contributed by atoms with Gasteiger partial charge in [-0.15, -0.1) is 0 Å². The fourth-order valence-corrected chi connectivity index (χ4v) is 2.54. The first-order valence-electron chi connectivity index (χ1n) is 8.08. The van der Waals surface area contributed by atoms with Crippen LogP contribution in [0.1, 0.15) is 30.5 Å². The van der Waals surface area contributed by atoms with E-state index in [0.29, 0.717) is 6.54 Å². The smallest absolute Gasteiger partial charge is 0.243 e. The number of amides is 1. The van der Waals surface area contributed by atoms with Crippen LogP contribution in [0.15, 0.2) is 42.5 Å². The van der Waals surface area contributed by atoms with Crippen molar-refractivity contribution in [3.8, 4) is 0 Å². The van der Waals surface area contributed by atoms with Gasteiger partial charge in [0.05, 0.1) is 6.54 Å². The molecule has 0 aliphatic rings. The van der Waals surface area contributed by atoms with Gasteiger partial charge in [-0.05, 0) is 63.9 Å². The van der Waals surface area contributed by atoms with Gasteiger partial charge >= 0.3 is 0 Å². The van der Waals surface area contributed by atoms with Crippen LogP contribution in [-0.4, -0.2) is 18.5 Å². The number of benzene rings is 2. The van der Waals surface area contributed by atoms with Crippen LogP contribution in [-0.2, 0) is 4.79 Å². The van der Waals surface area contributed by atoms with Crippen molar-refractivity contribution < 1.29 is 4.79 Å². The predicted molar refractivity (Wildman–Crippen MR) is 98.2 cm³/mol. The Hall–Kier alpha value is -2.29. The summed E-state index contributed by atoms with van der Waals surface area (Å²) in [5, 5.41) is 3.04. The highest BCUT2D eigenvalue weighted by atomic mass is 16.2. The maximum atomic E-state index is 12.5. The standard InChI is InChI=1S/C20H26N2O/c1-14(2)22(18-11-9-15(3)10-12-18)13-20(23)21-19-8-6-7-16(4)17(19)5/h6-12,14H,13H2,1-5H3,(H,21,23). The lowest BCUT2D eigenvalue weighted by Crippen LogP contribution is -2.38. The normalized spacial score (nSPS) is 10.7. The van der Waals surface area contributed by atoms with Gasteiger partial charge in [0.2, 0.25) is 5.91 Å². The number of hydrogen-bond donors (Lipinski definition) is 1. The second-order valence-corrected chi connectivity index (χ2v) is 6.35. The van der Waals surface area contributed by atoms with Gasteiger partial charge in [-0.1, -0.05) is 29.8 Å². The van der Waals surface area contributed by atoms with Gasteiger partial charge in [0.1, 0.15) is 0 Å². The molecule has 0 aliphatic heterocycles. The van der Waals surface area contributed by atoms with Crippen LogP contribution < -0.4 is 10.2 Å². The van der Waals surface area contributed by atoms with Crippen molar-refractivity contribution in [1.29, 1.82) is 0 Å². The number of rotatable bonds is 5. The monoisotopic (exact) mass is 310 g/mol. The van der Waals surface area contributed by atoms with E-state index in [1.54, 1.807) is 0 Å². The van der Waals surface area contributed by atoms with Gasteiger partial charge in [0.25, 0.3) is 0 Å². The van der Waals surface area contributed by atoms with Crippen molar-refractivity contribution in [3.05, 3.63) is 59.2 Å². The van der Waals surface area contributed by atoms with Gasteiger partial charge in [-0.3, -0.25) is 4.79 Å². The third-order valence-electron chi connectivity index (χ3n) is 4.18. The minimum absolute atomic E-state index is 0.00738. The molecule has 0 bridgehead atoms. The van der Waals surface area contributed by atoms with Gasteiger partial charge in [-0.25, -0.2) is 0 Å². The Morgan fingerprint density at radius 3 is 2.30 bits per heavy atom. The summed E-state index contributed by atoms with van der Waals surface area (Å²) >= 11 is 0. The summed E-state index contributed by atoms with van der Waals surface area (Å²) in [5.41, 5.74) is 5.48. The Morgan fingerprint density at radius 2 is 1.70 bits per heavy atom. The minimum Gasteiger partial charge on any atom is -0.360 e. The molecule has 0 aliphatic carbocycles. The molecular weight excluding hydrogens is 284 g/mol. The van der Waals surface area contributed by atoms with Crippen LogP contribution in [0.5, 0.6) is 0 Å². The van der Waals surface area contributed by atoms with Crippen LogP contribution in [0.2, 0.25) is 0 Å². The van der Waals surface area contributed by atoms with E-state index >= 15 is 0 Å². The van der Waals surface area contributed by atoms with E-state index in [1.165, 1.54) is 11.1 Å². The molecular formula is C20H26N2O. The highest BCUT2D eigenvalue weighted by Crippen LogP contribution is 2.20. The van der Waals surface area contributed by atoms with Crippen molar-refractivity contribution >= 4 is 17.3 Å². The number of nitrogens with zero attached hydrogens (tertiary/aromatic N) is 1. The van der Waals surface area contributed by atoms with Crippen molar-refractivity contribution in [3.63, 3.8) is 0 Å². The van der Waals surface area contributed by atoms with E-state index < -0.39 is 0 Å². The van der Waals surface area contributed by atoms with Crippen molar-refractivity contribution in [1.82, 2.24) is 0 Å². The first-order valence-corrected chi connectivity index (χ1v) is 8.08. The van der Waals surface area contributed by atoms with Crippen molar-refractivity contribution in [2.75, 3.05) is 16.8 Å². The van der Waals surface area contributed by atoms with E-state index in [9.17, 15) is 4.79 Å². The average Bonchev–Trinajstić information content (AvgIpc) is 2.50. The number of carbonyl (C=O) groups is 1. The van der Waals surface area contributed by atoms with E-state index in [-0.39, 0.29) is 11.9 Å². The summed E-state index contributed by atoms with van der Waals surface area (Å²) < 4.78 is 0. The molecule has 0 unspecified atom stereocenters. The lowest BCUT2D eigenvalue weighted by Gasteiger charge is -2.28. The van der Waals surface area contributed by atoms with E-state index in [4.69, 9.17) is 0 Å². The predicted octanol–water partition coefficient (Wildman–Crippen LogP) is 4.47. The van der Waals surface area contributed by atoms with E-state index in [1.807, 2.05) is 19.1 Å². The maximum absolute atomic E-state index is 12.5. The highest BCUT2D eigenvalue weighted by molar-refractivity contribution is 5.95. The molecule has 122 valence electrons. The number of anilines is 2. The maximum Gasteiger partial charge on any atom is 0.243 e. The first-order chi connectivity index (χ1) is 10.9. The lowest BCUT2D eigenvalue weighted by molar-refractivity contribution is -0.115. The highest BCUT2D eigenvalue weighted by Gasteiger charge is 2.15. The molecule has 1 amide bonds. The summed E-state index contributed by atoms with van der Waals surface area (Å²) in [6.45, 7) is 10.7. The number of carbonyl (C=O) groups excluding carboxylic acids is 1. The number of hydrogen-bond acceptors (Lipinski definition) is 2. The molecule has 23 heavy (non-hydrogen) atoms. The summed E-state index contributed by atoms with van der Waals surface area (Å²) in [4.78, 5) is 14.6. The Kier molecular flexibility index (Phi) is 5.43. The summed E-state index contributed by atoms with van der Waals surface area (Å²) in [5.74, 6) is 0.00738. The second-order valence-electron chi connectivity index (χ2n) is 6.35. The van der Waals surface area contributed by atoms with Gasteiger partial charge in [0, 0.05) is 17.4 Å². The molecule has 2 aromatic rings. The van der Waals surface area contributed by atoms with Gasteiger partial charge in [-0.2, -0.15) is 0 Å². The molecule has 1 N–H and O–H groups in total. The molecule has 0 aromatic heterocycles. The van der Waals surface area contributed by atoms with Crippen LogP contribution in [0.3, 0.4) is 0 Å². The van der Waals surface area contributed by atoms with Crippen molar-refractivity contribution in [2.45, 2.75) is 40.7 Å². The molecule has 3 nitrogen and oxygen atoms in total. The average molecular weight is 310 g/mol. The SMILES string of the molecule is Cc1ccc(N(CC(=O)Nc2cccc(C)c2C)C(C)C)cc1. The van der Waals surface area contributed by atoms with Crippen LogP contribution in [0.4, 0.5) is 11.4 Å². The Morgan fingerprint density at radius 1 is 1.04 bits per heavy atom. The molecule has 0 saturated carbocycles. The molecule has 2 aromatic carbocycles. The molecule has 3 heteroatoms. The van der Waals surface area contributed by atoms with Crippen LogP contribution in [0.25, 0.3) is 0 Å². The van der Waals surface area contributed by atoms with Crippen LogP contribution in [0, 0.1) is 20.8 Å². The minimum atomic E-state index is 0.00738. The summed E-state index contributed by atoms with van der Waals surface area (Å²) in [7, 11) is 0. The molecule has 2 rings (SSSR count). The zero-order valence-corrected chi connectivity index (χ0v) is 14.7. The summed E-state index contributed by atoms with van der Waals surface area (Å²) in [6.07, 6.45) is 0. The molecule has 0 fully saturated rings. The molecule has 0 spiro atoms. The summed E-state index contributed by atoms with van der Waals surface area (Å²) in [6, 6.07) is 14.5. The third-order valence-corrected chi connectivity index (χ3v) is 4.18. The molecule has 0 radical (unpaired) electrons. The molecule has 0 atom stereocenters. The van der Waals surface area contributed by atoms with Crippen molar-refractivity contribution in [2.24, 2.45) is 0 Å². The Bertz CT molecular complexity index is 675. The third kappa shape index (κ3) is 4.35. The van der Waals surface area contributed by atoms with E-state index in [0.717, 1.165) is 16.9 Å². The number of aryl methyl sites for hydroxylation is 2. The molecule has 0 saturated heterocycles. The quantitative estimate of drug-likeness (QED) is 0.884. The first kappa shape index (κ1) is 17.1. The van der Waals surface area contributed by atoms with Crippen LogP contribution >= 0.6 is 0 Å². The lowest BCUT2D eigenvalue weighted by atomic mass is 10.1. The zero-order chi connectivity index (χ0) is 17.0. The number of nitrogens with one attached hydrogen (secondary N) is 1. The van der Waals surface area contributed by atoms with Gasteiger partial charge < -0.3 is 10.2 Å². The van der Waals surface area contributed by atoms with E-state index in [2.05, 4.69) is 68.2 Å². The Balaban J connectivity index is 2.12. The molecule has 0 heterocycles. The Labute approximate surface area is 139 Å². The largest absolute Gasteiger partial charge is 0.360 e. The fraction of sp³-hybridized carbons (Fsp3) is 0.350. The topological polar surface area (TPSA) is 32.3 Å². The van der Waals surface area contributed by atoms with Gasteiger partial charge in [0.15, 0.2) is 0 Å². The fourth-order valence-electron chi connectivity index (χ4n) is 2.54.